The molecule has 0 aliphatic carbocycles. The fraction of sp³-hybridized carbons (Fsp3) is 0.846. The highest BCUT2D eigenvalue weighted by molar-refractivity contribution is 7.95. The largest absolute Gasteiger partial charge is 0.313 e. The zero-order valence-corrected chi connectivity index (χ0v) is 12.8. The van der Waals surface area contributed by atoms with E-state index in [1.54, 1.807) is 0 Å². The highest BCUT2D eigenvalue weighted by Crippen LogP contribution is 2.40. The molecule has 18 heavy (non-hydrogen) atoms. The van der Waals surface area contributed by atoms with Gasteiger partial charge in [0.05, 0.1) is 5.75 Å². The lowest BCUT2D eigenvalue weighted by Crippen LogP contribution is -2.59. The van der Waals surface area contributed by atoms with Gasteiger partial charge in [-0.05, 0) is 53.4 Å². The fourth-order valence-electron chi connectivity index (χ4n) is 3.05. The molecular formula is C13H25NO3S. The first-order valence-corrected chi connectivity index (χ1v) is 7.91. The molecule has 0 aromatic heterocycles. The molecule has 0 spiro atoms. The zero-order chi connectivity index (χ0) is 14.4. The molecule has 0 amide bonds. The molecular weight excluding hydrogens is 250 g/mol. The zero-order valence-electron chi connectivity index (χ0n) is 12.0. The lowest BCUT2D eigenvalue weighted by molar-refractivity contribution is -0.249. The third-order valence-corrected chi connectivity index (χ3v) is 5.68. The van der Waals surface area contributed by atoms with E-state index in [0.717, 1.165) is 0 Å². The quantitative estimate of drug-likeness (QED) is 0.860. The lowest BCUT2D eigenvalue weighted by Gasteiger charge is -2.51. The minimum Gasteiger partial charge on any atom is -0.313 e. The third kappa shape index (κ3) is 3.13. The Bertz CT molecular complexity index is 419. The second kappa shape index (κ2) is 4.62. The van der Waals surface area contributed by atoms with Gasteiger partial charge in [-0.1, -0.05) is 6.58 Å². The Morgan fingerprint density at radius 2 is 1.67 bits per heavy atom. The van der Waals surface area contributed by atoms with Crippen LogP contribution in [0.3, 0.4) is 0 Å². The van der Waals surface area contributed by atoms with Gasteiger partial charge >= 0.3 is 0 Å². The van der Waals surface area contributed by atoms with Gasteiger partial charge in [0, 0.05) is 16.0 Å². The molecule has 1 aliphatic heterocycles. The number of rotatable bonds is 3. The van der Waals surface area contributed by atoms with Gasteiger partial charge in [-0.3, -0.25) is 0 Å². The predicted molar refractivity (Wildman–Crippen MR) is 73.1 cm³/mol. The topological polar surface area (TPSA) is 57.6 Å². The van der Waals surface area contributed by atoms with Gasteiger partial charge in [-0.25, -0.2) is 8.42 Å². The summed E-state index contributed by atoms with van der Waals surface area (Å²) in [5.74, 6) is 0.184. The van der Waals surface area contributed by atoms with Crippen LogP contribution in [0.4, 0.5) is 0 Å². The molecule has 1 N–H and O–H groups in total. The summed E-state index contributed by atoms with van der Waals surface area (Å²) in [6.07, 6.45) is 1.33. The van der Waals surface area contributed by atoms with Crippen LogP contribution in [0.2, 0.25) is 0 Å². The molecule has 0 unspecified atom stereocenters. The van der Waals surface area contributed by atoms with E-state index in [1.807, 2.05) is 27.7 Å². The molecule has 106 valence electrons. The molecule has 0 saturated carbocycles. The van der Waals surface area contributed by atoms with Crippen LogP contribution in [0.15, 0.2) is 11.5 Å². The van der Waals surface area contributed by atoms with Gasteiger partial charge in [0.25, 0.3) is 0 Å². The normalized spacial score (nSPS) is 25.0. The van der Waals surface area contributed by atoms with Crippen molar-refractivity contribution < 1.29 is 13.6 Å². The van der Waals surface area contributed by atoms with Crippen LogP contribution < -0.4 is 0 Å². The summed E-state index contributed by atoms with van der Waals surface area (Å²) in [6, 6.07) is 0. The van der Waals surface area contributed by atoms with Crippen molar-refractivity contribution >= 4 is 9.84 Å². The highest BCUT2D eigenvalue weighted by Gasteiger charge is 2.45. The summed E-state index contributed by atoms with van der Waals surface area (Å²) in [5, 5.41) is 11.5. The number of nitrogens with zero attached hydrogens (tertiary/aromatic N) is 1. The third-order valence-electron chi connectivity index (χ3n) is 3.71. The van der Waals surface area contributed by atoms with E-state index in [2.05, 4.69) is 6.58 Å². The minimum atomic E-state index is -3.21. The van der Waals surface area contributed by atoms with Gasteiger partial charge in [0.1, 0.15) is 0 Å². The van der Waals surface area contributed by atoms with Gasteiger partial charge in [0.15, 0.2) is 9.84 Å². The number of allylic oxidation sites excluding steroid dienone is 1. The summed E-state index contributed by atoms with van der Waals surface area (Å²) >= 11 is 0. The van der Waals surface area contributed by atoms with Gasteiger partial charge in [-0.15, -0.1) is 0 Å². The summed E-state index contributed by atoms with van der Waals surface area (Å²) < 4.78 is 23.9. The molecule has 1 aliphatic rings. The number of hydroxylamine groups is 2. The minimum absolute atomic E-state index is 0.0556. The maximum absolute atomic E-state index is 11.9. The van der Waals surface area contributed by atoms with Crippen molar-refractivity contribution in [2.75, 3.05) is 5.75 Å². The molecule has 0 aromatic rings. The average Bonchev–Trinajstić information content (AvgIpc) is 2.11. The van der Waals surface area contributed by atoms with E-state index < -0.39 is 20.9 Å². The first kappa shape index (κ1) is 15.7. The molecule has 1 heterocycles. The lowest BCUT2D eigenvalue weighted by atomic mass is 9.76. The molecule has 0 radical (unpaired) electrons. The van der Waals surface area contributed by atoms with Crippen LogP contribution in [0, 0.1) is 5.92 Å². The molecule has 1 fully saturated rings. The van der Waals surface area contributed by atoms with Gasteiger partial charge < -0.3 is 5.21 Å². The number of hydrogen-bond donors (Lipinski definition) is 1. The summed E-state index contributed by atoms with van der Waals surface area (Å²) in [7, 11) is -3.21. The number of hydrogen-bond acceptors (Lipinski definition) is 4. The van der Waals surface area contributed by atoms with Gasteiger partial charge in [0.2, 0.25) is 0 Å². The van der Waals surface area contributed by atoms with Crippen LogP contribution in [0.5, 0.6) is 0 Å². The molecule has 5 heteroatoms. The Hall–Kier alpha value is -0.390. The average molecular weight is 275 g/mol. The van der Waals surface area contributed by atoms with Crippen LogP contribution in [0.1, 0.15) is 47.5 Å². The van der Waals surface area contributed by atoms with Crippen LogP contribution in [-0.2, 0) is 9.84 Å². The fourth-order valence-corrected chi connectivity index (χ4v) is 4.19. The predicted octanol–water partition coefficient (Wildman–Crippen LogP) is 2.59. The maximum atomic E-state index is 11.9. The Morgan fingerprint density at radius 1 is 1.28 bits per heavy atom. The van der Waals surface area contributed by atoms with E-state index in [-0.39, 0.29) is 16.6 Å². The maximum Gasteiger partial charge on any atom is 0.173 e. The molecule has 0 atom stereocenters. The van der Waals surface area contributed by atoms with E-state index in [0.29, 0.717) is 12.8 Å². The second-order valence-corrected chi connectivity index (χ2v) is 8.95. The van der Waals surface area contributed by atoms with Crippen molar-refractivity contribution in [1.29, 1.82) is 0 Å². The molecule has 0 aromatic carbocycles. The van der Waals surface area contributed by atoms with Crippen molar-refractivity contribution in [1.82, 2.24) is 5.06 Å². The second-order valence-electron chi connectivity index (χ2n) is 6.69. The van der Waals surface area contributed by atoms with Crippen LogP contribution in [-0.4, -0.2) is 35.5 Å². The SMILES string of the molecule is C=C(C)S(=O)(=O)CC1CC(C)(C)N(O)C(C)(C)C1. The van der Waals surface area contributed by atoms with E-state index in [1.165, 1.54) is 12.0 Å². The van der Waals surface area contributed by atoms with Gasteiger partial charge in [-0.2, -0.15) is 5.06 Å². The van der Waals surface area contributed by atoms with E-state index in [9.17, 15) is 13.6 Å². The summed E-state index contributed by atoms with van der Waals surface area (Å²) in [4.78, 5) is 0.226. The monoisotopic (exact) mass is 275 g/mol. The van der Waals surface area contributed by atoms with Crippen LogP contribution in [0.25, 0.3) is 0 Å². The van der Waals surface area contributed by atoms with Crippen molar-refractivity contribution in [3.8, 4) is 0 Å². The van der Waals surface area contributed by atoms with Crippen molar-refractivity contribution in [3.63, 3.8) is 0 Å². The number of piperidine rings is 1. The van der Waals surface area contributed by atoms with Crippen molar-refractivity contribution in [2.24, 2.45) is 5.92 Å². The molecule has 1 saturated heterocycles. The first-order valence-electron chi connectivity index (χ1n) is 6.26. The molecule has 0 bridgehead atoms. The van der Waals surface area contributed by atoms with E-state index >= 15 is 0 Å². The van der Waals surface area contributed by atoms with Crippen molar-refractivity contribution in [2.45, 2.75) is 58.5 Å². The van der Waals surface area contributed by atoms with E-state index in [4.69, 9.17) is 0 Å². The van der Waals surface area contributed by atoms with Crippen molar-refractivity contribution in [3.05, 3.63) is 11.5 Å². The molecule has 1 rings (SSSR count). The smallest absolute Gasteiger partial charge is 0.173 e. The number of sulfone groups is 1. The molecule has 4 nitrogen and oxygen atoms in total. The summed E-state index contributed by atoms with van der Waals surface area (Å²) in [6.45, 7) is 12.8. The Labute approximate surface area is 111 Å². The van der Waals surface area contributed by atoms with Crippen LogP contribution >= 0.6 is 0 Å². The first-order chi connectivity index (χ1) is 7.88. The Morgan fingerprint density at radius 3 is 2.00 bits per heavy atom. The summed E-state index contributed by atoms with van der Waals surface area (Å²) in [5.41, 5.74) is -0.811. The highest BCUT2D eigenvalue weighted by atomic mass is 32.2. The Balaban J connectivity index is 2.92. The Kier molecular flexibility index (Phi) is 4.02. The standard InChI is InChI=1S/C13H25NO3S/c1-10(2)18(16,17)9-11-7-12(3,4)14(15)13(5,6)8-11/h11,15H,1,7-9H2,2-6H3.